The third-order valence-corrected chi connectivity index (χ3v) is 6.77. The maximum atomic E-state index is 13.4. The fraction of sp³-hybridized carbons (Fsp3) is 0.333. The predicted molar refractivity (Wildman–Crippen MR) is 132 cm³/mol. The molecule has 0 saturated carbocycles. The molecule has 0 bridgehead atoms. The van der Waals surface area contributed by atoms with Crippen LogP contribution in [0.2, 0.25) is 0 Å². The smallest absolute Gasteiger partial charge is 0.250 e. The van der Waals surface area contributed by atoms with Crippen molar-refractivity contribution < 1.29 is 19.0 Å². The molecule has 0 aliphatic carbocycles. The summed E-state index contributed by atoms with van der Waals surface area (Å²) in [6, 6.07) is 11.8. The van der Waals surface area contributed by atoms with Crippen LogP contribution in [0.3, 0.4) is 0 Å². The number of hydrogen-bond donors (Lipinski definition) is 1. The Kier molecular flexibility index (Phi) is 6.30. The van der Waals surface area contributed by atoms with Crippen LogP contribution in [0.15, 0.2) is 60.6 Å². The van der Waals surface area contributed by atoms with Crippen LogP contribution in [0, 0.1) is 12.7 Å². The van der Waals surface area contributed by atoms with Crippen LogP contribution in [-0.2, 0) is 4.79 Å². The molecule has 2 unspecified atom stereocenters. The number of rotatable bonds is 5. The van der Waals surface area contributed by atoms with E-state index in [0.29, 0.717) is 31.8 Å². The van der Waals surface area contributed by atoms with E-state index in [2.05, 4.69) is 4.98 Å². The van der Waals surface area contributed by atoms with Crippen molar-refractivity contribution in [1.29, 1.82) is 0 Å². The van der Waals surface area contributed by atoms with E-state index in [1.807, 2.05) is 46.9 Å². The van der Waals surface area contributed by atoms with Crippen molar-refractivity contribution in [3.63, 3.8) is 0 Å². The Morgan fingerprint density at radius 3 is 2.69 bits per heavy atom. The number of amides is 1. The number of benzene rings is 2. The van der Waals surface area contributed by atoms with Crippen molar-refractivity contribution in [1.82, 2.24) is 14.5 Å². The van der Waals surface area contributed by atoms with Gasteiger partial charge in [-0.25, -0.2) is 9.37 Å². The van der Waals surface area contributed by atoms with E-state index in [1.165, 1.54) is 12.1 Å². The van der Waals surface area contributed by atoms with Gasteiger partial charge in [0.05, 0.1) is 37.0 Å². The highest BCUT2D eigenvalue weighted by Gasteiger charge is 2.39. The third-order valence-electron chi connectivity index (χ3n) is 6.77. The van der Waals surface area contributed by atoms with Crippen molar-refractivity contribution >= 4 is 17.7 Å². The fourth-order valence-corrected chi connectivity index (χ4v) is 4.97. The zero-order chi connectivity index (χ0) is 24.5. The lowest BCUT2D eigenvalue weighted by atomic mass is 9.98. The Bertz CT molecular complexity index is 1250. The average Bonchev–Trinajstić information content (AvgIpc) is 3.46. The largest absolute Gasteiger partial charge is 0.495 e. The second kappa shape index (κ2) is 9.54. The second-order valence-corrected chi connectivity index (χ2v) is 9.14. The minimum atomic E-state index is -0.665. The number of aliphatic hydroxyl groups excluding tert-OH is 1. The summed E-state index contributed by atoms with van der Waals surface area (Å²) in [6.45, 7) is 3.46. The highest BCUT2D eigenvalue weighted by atomic mass is 19.1. The molecule has 0 radical (unpaired) electrons. The van der Waals surface area contributed by atoms with Crippen LogP contribution < -0.4 is 9.64 Å². The molecule has 1 amide bonds. The maximum absolute atomic E-state index is 13.4. The number of nitrogens with zero attached hydrogens (tertiary/aromatic N) is 4. The topological polar surface area (TPSA) is 70.8 Å². The standard InChI is InChI=1S/C27H29FN4O3/c1-18-14-31(17-29-18)23-10-5-19(13-26(23)35-2)12-20-4-3-11-32(27(20)34)24-15-30(16-25(24)33)22-8-6-21(28)7-9-22/h5-10,12-14,17,24-25,33H,3-4,11,15-16H2,1-2H3. The number of carbonyl (C=O) groups is 1. The van der Waals surface area contributed by atoms with Crippen LogP contribution in [0.4, 0.5) is 10.1 Å². The average molecular weight is 477 g/mol. The molecule has 3 heterocycles. The van der Waals surface area contributed by atoms with E-state index >= 15 is 0 Å². The zero-order valence-corrected chi connectivity index (χ0v) is 19.9. The van der Waals surface area contributed by atoms with Crippen molar-refractivity contribution in [2.45, 2.75) is 31.9 Å². The molecule has 8 heteroatoms. The number of aryl methyl sites for hydroxylation is 1. The first-order chi connectivity index (χ1) is 16.9. The molecule has 182 valence electrons. The highest BCUT2D eigenvalue weighted by Crippen LogP contribution is 2.30. The van der Waals surface area contributed by atoms with E-state index in [-0.39, 0.29) is 17.8 Å². The third kappa shape index (κ3) is 4.66. The lowest BCUT2D eigenvalue weighted by Crippen LogP contribution is -2.49. The molecule has 35 heavy (non-hydrogen) atoms. The van der Waals surface area contributed by atoms with Gasteiger partial charge < -0.3 is 24.2 Å². The molecule has 2 aliphatic rings. The van der Waals surface area contributed by atoms with Crippen molar-refractivity contribution in [3.8, 4) is 11.4 Å². The Labute approximate surface area is 204 Å². The number of imidazole rings is 1. The Morgan fingerprint density at radius 2 is 1.97 bits per heavy atom. The number of anilines is 1. The van der Waals surface area contributed by atoms with E-state index in [1.54, 1.807) is 30.5 Å². The molecule has 2 aromatic carbocycles. The molecule has 2 saturated heterocycles. The molecule has 3 aromatic rings. The number of piperidine rings is 1. The fourth-order valence-electron chi connectivity index (χ4n) is 4.97. The first-order valence-electron chi connectivity index (χ1n) is 11.8. The number of aliphatic hydroxyl groups is 1. The molecule has 7 nitrogen and oxygen atoms in total. The predicted octanol–water partition coefficient (Wildman–Crippen LogP) is 3.58. The van der Waals surface area contributed by atoms with E-state index < -0.39 is 6.10 Å². The molecule has 2 atom stereocenters. The van der Waals surface area contributed by atoms with Gasteiger partial charge in [-0.3, -0.25) is 4.79 Å². The van der Waals surface area contributed by atoms with Crippen LogP contribution in [-0.4, -0.2) is 64.4 Å². The van der Waals surface area contributed by atoms with Gasteiger partial charge in [-0.15, -0.1) is 0 Å². The van der Waals surface area contributed by atoms with Gasteiger partial charge in [-0.1, -0.05) is 6.07 Å². The summed E-state index contributed by atoms with van der Waals surface area (Å²) in [7, 11) is 1.63. The number of β-amino-alcohol motifs (C(OH)–C–C–N with tert-alkyl or cyclic N) is 1. The van der Waals surface area contributed by atoms with Crippen LogP contribution in [0.5, 0.6) is 5.75 Å². The SMILES string of the molecule is COc1cc(C=C2CCCN(C3CN(c4ccc(F)cc4)CC3O)C2=O)ccc1-n1cnc(C)c1. The minimum Gasteiger partial charge on any atom is -0.495 e. The van der Waals surface area contributed by atoms with Gasteiger partial charge in [0.25, 0.3) is 0 Å². The van der Waals surface area contributed by atoms with Gasteiger partial charge in [-0.05, 0) is 67.8 Å². The van der Waals surface area contributed by atoms with Gasteiger partial charge >= 0.3 is 0 Å². The number of carbonyl (C=O) groups excluding carboxylic acids is 1. The lowest BCUT2D eigenvalue weighted by Gasteiger charge is -2.35. The van der Waals surface area contributed by atoms with Crippen LogP contribution in [0.1, 0.15) is 24.1 Å². The molecular formula is C27H29FN4O3. The molecule has 2 aliphatic heterocycles. The van der Waals surface area contributed by atoms with Gasteiger partial charge in [-0.2, -0.15) is 0 Å². The van der Waals surface area contributed by atoms with Crippen molar-refractivity contribution in [2.24, 2.45) is 0 Å². The van der Waals surface area contributed by atoms with Gasteiger partial charge in [0, 0.05) is 37.1 Å². The number of ether oxygens (including phenoxy) is 1. The molecule has 2 fully saturated rings. The van der Waals surface area contributed by atoms with Crippen LogP contribution >= 0.6 is 0 Å². The number of aromatic nitrogens is 2. The Hall–Kier alpha value is -3.65. The maximum Gasteiger partial charge on any atom is 0.250 e. The van der Waals surface area contributed by atoms with Gasteiger partial charge in [0.15, 0.2) is 0 Å². The van der Waals surface area contributed by atoms with Crippen molar-refractivity contribution in [3.05, 3.63) is 77.6 Å². The summed E-state index contributed by atoms with van der Waals surface area (Å²) in [5.74, 6) is 0.350. The summed E-state index contributed by atoms with van der Waals surface area (Å²) in [5.41, 5.74) is 4.23. The molecule has 5 rings (SSSR count). The number of likely N-dealkylation sites (tertiary alicyclic amines) is 1. The monoisotopic (exact) mass is 476 g/mol. The number of hydrogen-bond acceptors (Lipinski definition) is 5. The summed E-state index contributed by atoms with van der Waals surface area (Å²) in [6.07, 6.45) is 6.45. The zero-order valence-electron chi connectivity index (χ0n) is 19.9. The summed E-state index contributed by atoms with van der Waals surface area (Å²) >= 11 is 0. The molecular weight excluding hydrogens is 447 g/mol. The second-order valence-electron chi connectivity index (χ2n) is 9.14. The quantitative estimate of drug-likeness (QED) is 0.570. The van der Waals surface area contributed by atoms with Crippen molar-refractivity contribution in [2.75, 3.05) is 31.6 Å². The normalized spacial score (nSPS) is 21.7. The molecule has 1 N–H and O–H groups in total. The lowest BCUT2D eigenvalue weighted by molar-refractivity contribution is -0.132. The molecule has 1 aromatic heterocycles. The van der Waals surface area contributed by atoms with Gasteiger partial charge in [0.2, 0.25) is 5.91 Å². The first kappa shape index (κ1) is 23.1. The van der Waals surface area contributed by atoms with E-state index in [9.17, 15) is 14.3 Å². The highest BCUT2D eigenvalue weighted by molar-refractivity contribution is 5.99. The van der Waals surface area contributed by atoms with Gasteiger partial charge in [0.1, 0.15) is 11.6 Å². The van der Waals surface area contributed by atoms with Crippen LogP contribution in [0.25, 0.3) is 11.8 Å². The Morgan fingerprint density at radius 1 is 1.17 bits per heavy atom. The van der Waals surface area contributed by atoms with E-state index in [0.717, 1.165) is 34.6 Å². The summed E-state index contributed by atoms with van der Waals surface area (Å²) in [4.78, 5) is 21.5. The summed E-state index contributed by atoms with van der Waals surface area (Å²) < 4.78 is 20.8. The van der Waals surface area contributed by atoms with E-state index in [4.69, 9.17) is 4.74 Å². The number of halogens is 1. The first-order valence-corrected chi connectivity index (χ1v) is 11.8. The Balaban J connectivity index is 1.35. The summed E-state index contributed by atoms with van der Waals surface area (Å²) in [5, 5.41) is 10.8. The minimum absolute atomic E-state index is 0.0467. The molecule has 0 spiro atoms. The number of methoxy groups -OCH3 is 1.